The van der Waals surface area contributed by atoms with E-state index in [1.165, 1.54) is 24.1 Å². The molecule has 0 bridgehead atoms. The van der Waals surface area contributed by atoms with Crippen LogP contribution in [0.15, 0.2) is 54.6 Å². The van der Waals surface area contributed by atoms with Gasteiger partial charge in [-0.25, -0.2) is 4.68 Å². The number of aryl methyl sites for hydroxylation is 1. The molecule has 1 aliphatic carbocycles. The van der Waals surface area contributed by atoms with Gasteiger partial charge in [-0.2, -0.15) is 5.10 Å². The Morgan fingerprint density at radius 3 is 2.42 bits per heavy atom. The van der Waals surface area contributed by atoms with E-state index in [-0.39, 0.29) is 11.5 Å². The lowest BCUT2D eigenvalue weighted by Crippen LogP contribution is -2.55. The Labute approximate surface area is 213 Å². The molecule has 1 amide bonds. The topological polar surface area (TPSA) is 50.6 Å². The SMILES string of the molecule is Cc1nn(-c2ccccc2)c(C)c1CN1CCC2(CC1)CN(C1CCCC1)C(=O)c1ccccc1O2. The Bertz CT molecular complexity index is 1240. The number of carbonyl (C=O) groups excluding carboxylic acids is 1. The third kappa shape index (κ3) is 4.21. The lowest BCUT2D eigenvalue weighted by Gasteiger charge is -2.43. The predicted molar refractivity (Wildman–Crippen MR) is 141 cm³/mol. The smallest absolute Gasteiger partial charge is 0.258 e. The molecule has 3 aromatic rings. The molecule has 3 heterocycles. The minimum atomic E-state index is -0.320. The summed E-state index contributed by atoms with van der Waals surface area (Å²) in [4.78, 5) is 18.3. The van der Waals surface area contributed by atoms with Crippen molar-refractivity contribution in [3.8, 4) is 11.4 Å². The van der Waals surface area contributed by atoms with Crippen LogP contribution in [0.3, 0.4) is 0 Å². The van der Waals surface area contributed by atoms with Gasteiger partial charge in [0.05, 0.1) is 23.5 Å². The molecule has 2 aliphatic heterocycles. The van der Waals surface area contributed by atoms with Gasteiger partial charge >= 0.3 is 0 Å². The number of benzene rings is 2. The lowest BCUT2D eigenvalue weighted by atomic mass is 9.89. The number of amides is 1. The third-order valence-electron chi connectivity index (χ3n) is 8.52. The van der Waals surface area contributed by atoms with Crippen LogP contribution in [-0.2, 0) is 6.54 Å². The van der Waals surface area contributed by atoms with Gasteiger partial charge in [-0.1, -0.05) is 43.2 Å². The van der Waals surface area contributed by atoms with E-state index in [1.807, 2.05) is 30.3 Å². The number of likely N-dealkylation sites (tertiary alicyclic amines) is 1. The van der Waals surface area contributed by atoms with Crippen molar-refractivity contribution in [2.45, 2.75) is 70.6 Å². The lowest BCUT2D eigenvalue weighted by molar-refractivity contribution is -0.0230. The number of piperidine rings is 1. The summed E-state index contributed by atoms with van der Waals surface area (Å²) in [5.41, 5.74) is 5.11. The molecule has 3 aliphatic rings. The number of aromatic nitrogens is 2. The summed E-state index contributed by atoms with van der Waals surface area (Å²) < 4.78 is 8.81. The standard InChI is InChI=1S/C30H36N4O2/c1-22-27(23(2)34(31-22)25-12-4-3-5-13-25)20-32-18-16-30(17-19-32)21-33(24-10-6-7-11-24)29(35)26-14-8-9-15-28(26)36-30/h3-5,8-9,12-15,24H,6-7,10-11,16-21H2,1-2H3. The van der Waals surface area contributed by atoms with Crippen LogP contribution in [0.2, 0.25) is 0 Å². The average molecular weight is 485 g/mol. The van der Waals surface area contributed by atoms with Crippen molar-refractivity contribution >= 4 is 5.91 Å². The van der Waals surface area contributed by atoms with Gasteiger partial charge in [-0.05, 0) is 51.0 Å². The first kappa shape index (κ1) is 23.3. The average Bonchev–Trinajstić information content (AvgIpc) is 3.51. The van der Waals surface area contributed by atoms with Crippen molar-refractivity contribution < 1.29 is 9.53 Å². The number of ether oxygens (including phenoxy) is 1. The summed E-state index contributed by atoms with van der Waals surface area (Å²) >= 11 is 0. The minimum Gasteiger partial charge on any atom is -0.484 e. The van der Waals surface area contributed by atoms with E-state index in [4.69, 9.17) is 9.84 Å². The van der Waals surface area contributed by atoms with Gasteiger partial charge in [-0.15, -0.1) is 0 Å². The molecule has 1 aromatic heterocycles. The zero-order valence-corrected chi connectivity index (χ0v) is 21.4. The van der Waals surface area contributed by atoms with Crippen molar-refractivity contribution in [2.75, 3.05) is 19.6 Å². The molecule has 36 heavy (non-hydrogen) atoms. The molecule has 2 aromatic carbocycles. The fourth-order valence-corrected chi connectivity index (χ4v) is 6.37. The van der Waals surface area contributed by atoms with Gasteiger partial charge in [-0.3, -0.25) is 9.69 Å². The maximum absolute atomic E-state index is 13.6. The second kappa shape index (κ2) is 9.40. The number of carbonyl (C=O) groups is 1. The molecule has 2 fully saturated rings. The monoisotopic (exact) mass is 484 g/mol. The van der Waals surface area contributed by atoms with Crippen molar-refractivity contribution in [3.05, 3.63) is 77.1 Å². The van der Waals surface area contributed by atoms with E-state index in [1.54, 1.807) is 0 Å². The Morgan fingerprint density at radius 1 is 0.972 bits per heavy atom. The Hall–Kier alpha value is -3.12. The maximum atomic E-state index is 13.6. The summed E-state index contributed by atoms with van der Waals surface area (Å²) in [7, 11) is 0. The highest BCUT2D eigenvalue weighted by molar-refractivity contribution is 5.97. The molecular weight excluding hydrogens is 448 g/mol. The first-order chi connectivity index (χ1) is 17.5. The Morgan fingerprint density at radius 2 is 1.67 bits per heavy atom. The molecule has 0 N–H and O–H groups in total. The van der Waals surface area contributed by atoms with E-state index in [2.05, 4.69) is 52.6 Å². The molecule has 0 atom stereocenters. The van der Waals surface area contributed by atoms with Crippen LogP contribution < -0.4 is 4.74 Å². The molecule has 6 rings (SSSR count). The quantitative estimate of drug-likeness (QED) is 0.504. The third-order valence-corrected chi connectivity index (χ3v) is 8.52. The first-order valence-corrected chi connectivity index (χ1v) is 13.4. The van der Waals surface area contributed by atoms with Crippen molar-refractivity contribution in [1.82, 2.24) is 19.6 Å². The molecule has 6 nitrogen and oxygen atoms in total. The molecule has 6 heteroatoms. The summed E-state index contributed by atoms with van der Waals surface area (Å²) in [6.07, 6.45) is 6.49. The van der Waals surface area contributed by atoms with Gasteiger partial charge in [0.2, 0.25) is 0 Å². The van der Waals surface area contributed by atoms with Crippen LogP contribution in [-0.4, -0.2) is 56.8 Å². The zero-order chi connectivity index (χ0) is 24.7. The number of rotatable bonds is 4. The molecule has 188 valence electrons. The zero-order valence-electron chi connectivity index (χ0n) is 21.4. The number of fused-ring (bicyclic) bond motifs is 1. The molecule has 0 radical (unpaired) electrons. The molecule has 1 saturated carbocycles. The Balaban J connectivity index is 1.21. The maximum Gasteiger partial charge on any atom is 0.258 e. The number of nitrogens with zero attached hydrogens (tertiary/aromatic N) is 4. The van der Waals surface area contributed by atoms with E-state index in [0.717, 1.165) is 68.0 Å². The van der Waals surface area contributed by atoms with Crippen LogP contribution >= 0.6 is 0 Å². The van der Waals surface area contributed by atoms with Crippen LogP contribution in [0.1, 0.15) is 65.8 Å². The van der Waals surface area contributed by atoms with Gasteiger partial charge in [0.1, 0.15) is 11.4 Å². The summed E-state index contributed by atoms with van der Waals surface area (Å²) in [5.74, 6) is 0.906. The fourth-order valence-electron chi connectivity index (χ4n) is 6.37. The minimum absolute atomic E-state index is 0.149. The number of hydrogen-bond acceptors (Lipinski definition) is 4. The normalized spacial score (nSPS) is 20.4. The largest absolute Gasteiger partial charge is 0.484 e. The van der Waals surface area contributed by atoms with E-state index in [0.29, 0.717) is 12.6 Å². The second-order valence-electron chi connectivity index (χ2n) is 10.8. The fraction of sp³-hybridized carbons (Fsp3) is 0.467. The van der Waals surface area contributed by atoms with Crippen LogP contribution in [0.4, 0.5) is 0 Å². The molecule has 1 spiro atoms. The van der Waals surface area contributed by atoms with Crippen LogP contribution in [0, 0.1) is 13.8 Å². The Kier molecular flexibility index (Phi) is 6.08. The number of para-hydroxylation sites is 2. The summed E-state index contributed by atoms with van der Waals surface area (Å²) in [6.45, 7) is 7.77. The van der Waals surface area contributed by atoms with Crippen LogP contribution in [0.5, 0.6) is 5.75 Å². The summed E-state index contributed by atoms with van der Waals surface area (Å²) in [5, 5.41) is 4.85. The highest BCUT2D eigenvalue weighted by Crippen LogP contribution is 2.38. The molecular formula is C30H36N4O2. The van der Waals surface area contributed by atoms with Crippen molar-refractivity contribution in [3.63, 3.8) is 0 Å². The van der Waals surface area contributed by atoms with Gasteiger partial charge in [0.25, 0.3) is 5.91 Å². The predicted octanol–water partition coefficient (Wildman–Crippen LogP) is 5.30. The van der Waals surface area contributed by atoms with Crippen molar-refractivity contribution in [2.24, 2.45) is 0 Å². The van der Waals surface area contributed by atoms with E-state index in [9.17, 15) is 4.79 Å². The van der Waals surface area contributed by atoms with Crippen LogP contribution in [0.25, 0.3) is 5.69 Å². The van der Waals surface area contributed by atoms with Gasteiger partial charge in [0.15, 0.2) is 0 Å². The highest BCUT2D eigenvalue weighted by Gasteiger charge is 2.45. The van der Waals surface area contributed by atoms with E-state index < -0.39 is 0 Å². The molecule has 1 saturated heterocycles. The van der Waals surface area contributed by atoms with E-state index >= 15 is 0 Å². The second-order valence-corrected chi connectivity index (χ2v) is 10.8. The first-order valence-electron chi connectivity index (χ1n) is 13.4. The number of hydrogen-bond donors (Lipinski definition) is 0. The van der Waals surface area contributed by atoms with Gasteiger partial charge < -0.3 is 9.64 Å². The van der Waals surface area contributed by atoms with Gasteiger partial charge in [0, 0.05) is 49.8 Å². The molecule has 0 unspecified atom stereocenters. The van der Waals surface area contributed by atoms with Crippen molar-refractivity contribution in [1.29, 1.82) is 0 Å². The summed E-state index contributed by atoms with van der Waals surface area (Å²) in [6, 6.07) is 18.5. The highest BCUT2D eigenvalue weighted by atomic mass is 16.5.